The van der Waals surface area contributed by atoms with Crippen LogP contribution >= 0.6 is 15.9 Å². The van der Waals surface area contributed by atoms with Crippen molar-refractivity contribution < 1.29 is 14.3 Å². The number of benzene rings is 2. The van der Waals surface area contributed by atoms with Crippen LogP contribution in [-0.2, 0) is 11.3 Å². The molecular weight excluding hydrogens is 334 g/mol. The molecule has 1 aliphatic rings. The quantitative estimate of drug-likeness (QED) is 0.824. The van der Waals surface area contributed by atoms with Crippen LogP contribution in [0.3, 0.4) is 0 Å². The van der Waals surface area contributed by atoms with E-state index in [1.54, 1.807) is 4.90 Å². The second-order valence-electron chi connectivity index (χ2n) is 4.63. The summed E-state index contributed by atoms with van der Waals surface area (Å²) < 4.78 is 11.8. The third-order valence-electron chi connectivity index (χ3n) is 3.22. The molecule has 2 aromatic rings. The van der Waals surface area contributed by atoms with E-state index in [9.17, 15) is 4.79 Å². The van der Waals surface area contributed by atoms with Crippen LogP contribution in [0.2, 0.25) is 0 Å². The molecule has 1 amide bonds. The Morgan fingerprint density at radius 1 is 1.19 bits per heavy atom. The molecule has 0 atom stereocenters. The number of ether oxygens (including phenoxy) is 2. The summed E-state index contributed by atoms with van der Waals surface area (Å²) in [6.07, 6.45) is -0.360. The topological polar surface area (TPSA) is 38.8 Å². The van der Waals surface area contributed by atoms with Crippen molar-refractivity contribution in [2.24, 2.45) is 0 Å². The number of amides is 1. The summed E-state index contributed by atoms with van der Waals surface area (Å²) in [6.45, 7) is 1.20. The number of hydrogen-bond donors (Lipinski definition) is 0. The first-order valence-corrected chi connectivity index (χ1v) is 7.44. The first-order chi connectivity index (χ1) is 10.3. The molecule has 0 saturated carbocycles. The molecule has 1 aliphatic heterocycles. The number of rotatable bonds is 2. The molecule has 0 saturated heterocycles. The van der Waals surface area contributed by atoms with Crippen molar-refractivity contribution >= 4 is 27.7 Å². The number of anilines is 1. The standard InChI is InChI=1S/C16H14BrNO3/c17-13-7-4-8-14-15(13)20-10-9-18(14)16(19)21-11-12-5-2-1-3-6-12/h1-8H,9-11H2. The SMILES string of the molecule is O=C(OCc1ccccc1)N1CCOc2c(Br)cccc21. The molecule has 1 heterocycles. The Hall–Kier alpha value is -2.01. The lowest BCUT2D eigenvalue weighted by molar-refractivity contribution is 0.144. The van der Waals surface area contributed by atoms with Crippen molar-refractivity contribution in [1.82, 2.24) is 0 Å². The third kappa shape index (κ3) is 3.03. The van der Waals surface area contributed by atoms with E-state index < -0.39 is 0 Å². The van der Waals surface area contributed by atoms with Gasteiger partial charge in [0.15, 0.2) is 5.75 Å². The van der Waals surface area contributed by atoms with Crippen molar-refractivity contribution in [3.05, 3.63) is 58.6 Å². The van der Waals surface area contributed by atoms with Crippen LogP contribution in [0.25, 0.3) is 0 Å². The molecule has 5 heteroatoms. The predicted octanol–water partition coefficient (Wildman–Crippen LogP) is 3.98. The smallest absolute Gasteiger partial charge is 0.414 e. The number of fused-ring (bicyclic) bond motifs is 1. The molecule has 0 bridgehead atoms. The van der Waals surface area contributed by atoms with E-state index in [0.29, 0.717) is 18.9 Å². The van der Waals surface area contributed by atoms with Gasteiger partial charge in [0.1, 0.15) is 13.2 Å². The highest BCUT2D eigenvalue weighted by Gasteiger charge is 2.26. The van der Waals surface area contributed by atoms with Gasteiger partial charge >= 0.3 is 6.09 Å². The Bertz CT molecular complexity index is 645. The Labute approximate surface area is 131 Å². The summed E-state index contributed by atoms with van der Waals surface area (Å²) in [7, 11) is 0. The Morgan fingerprint density at radius 2 is 2.00 bits per heavy atom. The van der Waals surface area contributed by atoms with Crippen molar-refractivity contribution in [3.8, 4) is 5.75 Å². The van der Waals surface area contributed by atoms with E-state index in [1.807, 2.05) is 48.5 Å². The minimum Gasteiger partial charge on any atom is -0.488 e. The van der Waals surface area contributed by atoms with Crippen LogP contribution in [-0.4, -0.2) is 19.2 Å². The van der Waals surface area contributed by atoms with E-state index in [4.69, 9.17) is 9.47 Å². The molecule has 3 rings (SSSR count). The van der Waals surface area contributed by atoms with Crippen LogP contribution < -0.4 is 9.64 Å². The molecule has 4 nitrogen and oxygen atoms in total. The van der Waals surface area contributed by atoms with Gasteiger partial charge in [-0.3, -0.25) is 4.90 Å². The minimum absolute atomic E-state index is 0.264. The molecule has 0 N–H and O–H groups in total. The molecule has 2 aromatic carbocycles. The fraction of sp³-hybridized carbons (Fsp3) is 0.188. The van der Waals surface area contributed by atoms with Crippen LogP contribution in [0.5, 0.6) is 5.75 Å². The summed E-state index contributed by atoms with van der Waals surface area (Å²) in [5.74, 6) is 0.681. The summed E-state index contributed by atoms with van der Waals surface area (Å²) in [5, 5.41) is 0. The minimum atomic E-state index is -0.360. The second-order valence-corrected chi connectivity index (χ2v) is 5.48. The zero-order valence-electron chi connectivity index (χ0n) is 11.3. The number of halogens is 1. The summed E-state index contributed by atoms with van der Waals surface area (Å²) >= 11 is 3.43. The zero-order valence-corrected chi connectivity index (χ0v) is 12.9. The van der Waals surface area contributed by atoms with E-state index in [-0.39, 0.29) is 12.7 Å². The average molecular weight is 348 g/mol. The summed E-state index contributed by atoms with van der Waals surface area (Å²) in [5.41, 5.74) is 1.70. The Kier molecular flexibility index (Phi) is 4.10. The monoisotopic (exact) mass is 347 g/mol. The summed E-state index contributed by atoms with van der Waals surface area (Å²) in [4.78, 5) is 13.9. The molecule has 0 aromatic heterocycles. The molecule has 108 valence electrons. The third-order valence-corrected chi connectivity index (χ3v) is 3.85. The molecule has 0 aliphatic carbocycles. The number of hydrogen-bond acceptors (Lipinski definition) is 3. The lowest BCUT2D eigenvalue weighted by Crippen LogP contribution is -2.38. The highest BCUT2D eigenvalue weighted by Crippen LogP contribution is 2.38. The van der Waals surface area contributed by atoms with Gasteiger partial charge in [0.25, 0.3) is 0 Å². The van der Waals surface area contributed by atoms with Crippen molar-refractivity contribution in [2.75, 3.05) is 18.1 Å². The van der Waals surface area contributed by atoms with Gasteiger partial charge in [-0.1, -0.05) is 36.4 Å². The molecule has 21 heavy (non-hydrogen) atoms. The molecule has 0 fully saturated rings. The van der Waals surface area contributed by atoms with E-state index in [2.05, 4.69) is 15.9 Å². The molecule has 0 unspecified atom stereocenters. The highest BCUT2D eigenvalue weighted by atomic mass is 79.9. The second kappa shape index (κ2) is 6.18. The number of carbonyl (C=O) groups excluding carboxylic acids is 1. The van der Waals surface area contributed by atoms with Crippen LogP contribution in [0.4, 0.5) is 10.5 Å². The van der Waals surface area contributed by atoms with Gasteiger partial charge in [-0.15, -0.1) is 0 Å². The maximum Gasteiger partial charge on any atom is 0.414 e. The van der Waals surface area contributed by atoms with Crippen molar-refractivity contribution in [2.45, 2.75) is 6.61 Å². The van der Waals surface area contributed by atoms with Gasteiger partial charge in [-0.2, -0.15) is 0 Å². The Balaban J connectivity index is 1.73. The maximum atomic E-state index is 12.3. The van der Waals surface area contributed by atoms with E-state index >= 15 is 0 Å². The van der Waals surface area contributed by atoms with Crippen LogP contribution in [0.15, 0.2) is 53.0 Å². The van der Waals surface area contributed by atoms with Gasteiger partial charge in [0.05, 0.1) is 16.7 Å². The van der Waals surface area contributed by atoms with Gasteiger partial charge in [0.2, 0.25) is 0 Å². The highest BCUT2D eigenvalue weighted by molar-refractivity contribution is 9.10. The fourth-order valence-corrected chi connectivity index (χ4v) is 2.67. The first-order valence-electron chi connectivity index (χ1n) is 6.65. The number of para-hydroxylation sites is 1. The van der Waals surface area contributed by atoms with Gasteiger partial charge in [-0.05, 0) is 33.6 Å². The zero-order chi connectivity index (χ0) is 14.7. The Morgan fingerprint density at radius 3 is 2.81 bits per heavy atom. The number of nitrogens with zero attached hydrogens (tertiary/aromatic N) is 1. The van der Waals surface area contributed by atoms with Crippen LogP contribution in [0.1, 0.15) is 5.56 Å². The van der Waals surface area contributed by atoms with Gasteiger partial charge in [-0.25, -0.2) is 4.79 Å². The van der Waals surface area contributed by atoms with Gasteiger partial charge < -0.3 is 9.47 Å². The summed E-state index contributed by atoms with van der Waals surface area (Å²) in [6, 6.07) is 15.2. The molecule has 0 radical (unpaired) electrons. The molecular formula is C16H14BrNO3. The lowest BCUT2D eigenvalue weighted by atomic mass is 10.2. The first kappa shape index (κ1) is 13.9. The number of carbonyl (C=O) groups is 1. The van der Waals surface area contributed by atoms with Crippen molar-refractivity contribution in [3.63, 3.8) is 0 Å². The predicted molar refractivity (Wildman–Crippen MR) is 83.6 cm³/mol. The van der Waals surface area contributed by atoms with Crippen LogP contribution in [0, 0.1) is 0 Å². The van der Waals surface area contributed by atoms with Crippen molar-refractivity contribution in [1.29, 1.82) is 0 Å². The largest absolute Gasteiger partial charge is 0.488 e. The van der Waals surface area contributed by atoms with E-state index in [1.165, 1.54) is 0 Å². The maximum absolute atomic E-state index is 12.3. The van der Waals surface area contributed by atoms with E-state index in [0.717, 1.165) is 15.7 Å². The average Bonchev–Trinajstić information content (AvgIpc) is 2.53. The lowest BCUT2D eigenvalue weighted by Gasteiger charge is -2.29. The molecule has 0 spiro atoms. The van der Waals surface area contributed by atoms with Gasteiger partial charge in [0, 0.05) is 0 Å². The fourth-order valence-electron chi connectivity index (χ4n) is 2.20. The normalized spacial score (nSPS) is 13.3.